The Morgan fingerprint density at radius 1 is 1.08 bits per heavy atom. The summed E-state index contributed by atoms with van der Waals surface area (Å²) in [6.07, 6.45) is -0.788. The minimum atomic E-state index is -0.788. The fourth-order valence-corrected chi connectivity index (χ4v) is 2.63. The Labute approximate surface area is 144 Å². The second-order valence-electron chi connectivity index (χ2n) is 5.72. The Balaban J connectivity index is 1.45. The lowest BCUT2D eigenvalue weighted by Gasteiger charge is -2.24. The van der Waals surface area contributed by atoms with E-state index in [2.05, 4.69) is 9.97 Å². The van der Waals surface area contributed by atoms with Gasteiger partial charge in [-0.25, -0.2) is 14.8 Å². The SMILES string of the molecule is Cc1nc2ccccc2nc1COC(=O)C1COc2ccccc2O1. The van der Waals surface area contributed by atoms with Crippen molar-refractivity contribution in [3.05, 3.63) is 59.9 Å². The van der Waals surface area contributed by atoms with Gasteiger partial charge in [0.1, 0.15) is 13.2 Å². The maximum Gasteiger partial charge on any atom is 0.351 e. The number of carbonyl (C=O) groups excluding carboxylic acids is 1. The number of hydrogen-bond acceptors (Lipinski definition) is 6. The molecule has 6 heteroatoms. The molecule has 0 saturated heterocycles. The number of benzene rings is 2. The molecule has 0 N–H and O–H groups in total. The zero-order valence-corrected chi connectivity index (χ0v) is 13.6. The van der Waals surface area contributed by atoms with Crippen LogP contribution in [0.25, 0.3) is 11.0 Å². The summed E-state index contributed by atoms with van der Waals surface area (Å²) in [6, 6.07) is 14.8. The monoisotopic (exact) mass is 336 g/mol. The number of ether oxygens (including phenoxy) is 3. The fraction of sp³-hybridized carbons (Fsp3) is 0.211. The van der Waals surface area contributed by atoms with E-state index in [1.165, 1.54) is 0 Å². The lowest BCUT2D eigenvalue weighted by Crippen LogP contribution is -2.37. The van der Waals surface area contributed by atoms with Crippen molar-refractivity contribution < 1.29 is 19.0 Å². The van der Waals surface area contributed by atoms with Gasteiger partial charge in [0.15, 0.2) is 11.5 Å². The molecule has 0 bridgehead atoms. The van der Waals surface area contributed by atoms with Crippen LogP contribution in [-0.4, -0.2) is 28.6 Å². The van der Waals surface area contributed by atoms with E-state index in [0.29, 0.717) is 17.2 Å². The van der Waals surface area contributed by atoms with Crippen LogP contribution in [0, 0.1) is 6.92 Å². The van der Waals surface area contributed by atoms with Crippen LogP contribution in [-0.2, 0) is 16.1 Å². The quantitative estimate of drug-likeness (QED) is 0.685. The Morgan fingerprint density at radius 3 is 2.56 bits per heavy atom. The van der Waals surface area contributed by atoms with Gasteiger partial charge in [-0.15, -0.1) is 0 Å². The van der Waals surface area contributed by atoms with Crippen LogP contribution < -0.4 is 9.47 Å². The minimum Gasteiger partial charge on any atom is -0.485 e. The van der Waals surface area contributed by atoms with Gasteiger partial charge < -0.3 is 14.2 Å². The predicted molar refractivity (Wildman–Crippen MR) is 90.4 cm³/mol. The summed E-state index contributed by atoms with van der Waals surface area (Å²) in [7, 11) is 0. The number of para-hydroxylation sites is 4. The molecular weight excluding hydrogens is 320 g/mol. The molecule has 4 rings (SSSR count). The van der Waals surface area contributed by atoms with Crippen LogP contribution in [0.15, 0.2) is 48.5 Å². The Morgan fingerprint density at radius 2 is 1.76 bits per heavy atom. The third-order valence-corrected chi connectivity index (χ3v) is 3.97. The topological polar surface area (TPSA) is 70.5 Å². The van der Waals surface area contributed by atoms with Gasteiger partial charge in [-0.1, -0.05) is 24.3 Å². The molecule has 2 aromatic carbocycles. The first-order chi connectivity index (χ1) is 12.2. The number of carbonyl (C=O) groups is 1. The molecule has 1 atom stereocenters. The van der Waals surface area contributed by atoms with Crippen molar-refractivity contribution in [2.45, 2.75) is 19.6 Å². The van der Waals surface area contributed by atoms with E-state index in [1.54, 1.807) is 12.1 Å². The molecule has 0 amide bonds. The minimum absolute atomic E-state index is 0.0456. The van der Waals surface area contributed by atoms with Crippen molar-refractivity contribution in [2.24, 2.45) is 0 Å². The summed E-state index contributed by atoms with van der Waals surface area (Å²) in [4.78, 5) is 21.3. The molecule has 0 spiro atoms. The maximum absolute atomic E-state index is 12.3. The van der Waals surface area contributed by atoms with Crippen LogP contribution in [0.2, 0.25) is 0 Å². The van der Waals surface area contributed by atoms with Gasteiger partial charge in [0.05, 0.1) is 22.4 Å². The summed E-state index contributed by atoms with van der Waals surface area (Å²) < 4.78 is 16.5. The van der Waals surface area contributed by atoms with Gasteiger partial charge >= 0.3 is 5.97 Å². The van der Waals surface area contributed by atoms with Crippen molar-refractivity contribution in [1.29, 1.82) is 0 Å². The second kappa shape index (κ2) is 6.39. The second-order valence-corrected chi connectivity index (χ2v) is 5.72. The zero-order chi connectivity index (χ0) is 17.2. The molecule has 1 aliphatic rings. The average Bonchev–Trinajstić information content (AvgIpc) is 2.65. The number of aromatic nitrogens is 2. The highest BCUT2D eigenvalue weighted by Gasteiger charge is 2.28. The largest absolute Gasteiger partial charge is 0.485 e. The lowest BCUT2D eigenvalue weighted by atomic mass is 10.2. The van der Waals surface area contributed by atoms with Gasteiger partial charge in [0.25, 0.3) is 0 Å². The number of aryl methyl sites for hydroxylation is 1. The third-order valence-electron chi connectivity index (χ3n) is 3.97. The summed E-state index contributed by atoms with van der Waals surface area (Å²) in [6.45, 7) is 2.02. The van der Waals surface area contributed by atoms with Gasteiger partial charge in [-0.3, -0.25) is 0 Å². The molecule has 3 aromatic rings. The van der Waals surface area contributed by atoms with Crippen molar-refractivity contribution in [3.8, 4) is 11.5 Å². The standard InChI is InChI=1S/C19H16N2O4/c1-12-15(21-14-7-3-2-6-13(14)20-12)10-24-19(22)18-11-23-16-8-4-5-9-17(16)25-18/h2-9,18H,10-11H2,1H3. The van der Waals surface area contributed by atoms with Crippen LogP contribution in [0.1, 0.15) is 11.4 Å². The summed E-state index contributed by atoms with van der Waals surface area (Å²) in [5, 5.41) is 0. The van der Waals surface area contributed by atoms with Gasteiger partial charge in [0.2, 0.25) is 6.10 Å². The average molecular weight is 336 g/mol. The van der Waals surface area contributed by atoms with E-state index < -0.39 is 12.1 Å². The Kier molecular flexibility index (Phi) is 3.93. The zero-order valence-electron chi connectivity index (χ0n) is 13.6. The third kappa shape index (κ3) is 3.10. The van der Waals surface area contributed by atoms with E-state index >= 15 is 0 Å². The van der Waals surface area contributed by atoms with E-state index in [0.717, 1.165) is 16.7 Å². The molecule has 1 aliphatic heterocycles. The summed E-state index contributed by atoms with van der Waals surface area (Å²) in [5.74, 6) is 0.684. The number of esters is 1. The normalized spacial score (nSPS) is 15.8. The van der Waals surface area contributed by atoms with Crippen LogP contribution >= 0.6 is 0 Å². The lowest BCUT2D eigenvalue weighted by molar-refractivity contribution is -0.156. The predicted octanol–water partition coefficient (Wildman–Crippen LogP) is 2.82. The smallest absolute Gasteiger partial charge is 0.351 e. The number of nitrogens with zero attached hydrogens (tertiary/aromatic N) is 2. The molecule has 25 heavy (non-hydrogen) atoms. The van der Waals surface area contributed by atoms with Crippen LogP contribution in [0.5, 0.6) is 11.5 Å². The molecule has 0 saturated carbocycles. The molecule has 0 aliphatic carbocycles. The van der Waals surface area contributed by atoms with E-state index in [4.69, 9.17) is 14.2 Å². The molecule has 6 nitrogen and oxygen atoms in total. The van der Waals surface area contributed by atoms with Gasteiger partial charge in [-0.2, -0.15) is 0 Å². The number of fused-ring (bicyclic) bond motifs is 2. The first-order valence-corrected chi connectivity index (χ1v) is 7.98. The molecule has 1 unspecified atom stereocenters. The first kappa shape index (κ1) is 15.4. The van der Waals surface area contributed by atoms with Crippen molar-refractivity contribution in [1.82, 2.24) is 9.97 Å². The van der Waals surface area contributed by atoms with Crippen molar-refractivity contribution >= 4 is 17.0 Å². The number of rotatable bonds is 3. The number of hydrogen-bond donors (Lipinski definition) is 0. The van der Waals surface area contributed by atoms with E-state index in [-0.39, 0.29) is 13.2 Å². The Bertz CT molecular complexity index is 942. The van der Waals surface area contributed by atoms with Gasteiger partial charge in [0, 0.05) is 0 Å². The molecule has 0 radical (unpaired) electrons. The molecule has 0 fully saturated rings. The van der Waals surface area contributed by atoms with E-state index in [9.17, 15) is 4.79 Å². The summed E-state index contributed by atoms with van der Waals surface area (Å²) >= 11 is 0. The van der Waals surface area contributed by atoms with Crippen molar-refractivity contribution in [3.63, 3.8) is 0 Å². The Hall–Kier alpha value is -3.15. The first-order valence-electron chi connectivity index (χ1n) is 7.98. The fourth-order valence-electron chi connectivity index (χ4n) is 2.63. The molecule has 2 heterocycles. The van der Waals surface area contributed by atoms with Crippen LogP contribution in [0.4, 0.5) is 0 Å². The maximum atomic E-state index is 12.3. The van der Waals surface area contributed by atoms with Gasteiger partial charge in [-0.05, 0) is 31.2 Å². The summed E-state index contributed by atoms with van der Waals surface area (Å²) in [5.41, 5.74) is 2.95. The van der Waals surface area contributed by atoms with Crippen LogP contribution in [0.3, 0.4) is 0 Å². The highest BCUT2D eigenvalue weighted by Crippen LogP contribution is 2.31. The van der Waals surface area contributed by atoms with Crippen molar-refractivity contribution in [2.75, 3.05) is 6.61 Å². The highest BCUT2D eigenvalue weighted by atomic mass is 16.6. The molecule has 1 aromatic heterocycles. The molecular formula is C19H16N2O4. The molecule has 126 valence electrons. The van der Waals surface area contributed by atoms with E-state index in [1.807, 2.05) is 43.3 Å². The highest BCUT2D eigenvalue weighted by molar-refractivity contribution is 5.76.